The number of hydrogen-bond donors (Lipinski definition) is 3. The van der Waals surface area contributed by atoms with Gasteiger partial charge in [-0.15, -0.1) is 0 Å². The Bertz CT molecular complexity index is 1590. The largest absolute Gasteiger partial charge is 0.481 e. The van der Waals surface area contributed by atoms with Gasteiger partial charge in [0.25, 0.3) is 0 Å². The van der Waals surface area contributed by atoms with Gasteiger partial charge in [-0.1, -0.05) is 59.2 Å². The van der Waals surface area contributed by atoms with Gasteiger partial charge in [-0.05, 0) is 133 Å². The number of nitrogens with one attached hydrogen (secondary N) is 1. The van der Waals surface area contributed by atoms with Crippen molar-refractivity contribution < 1.29 is 34.1 Å². The van der Waals surface area contributed by atoms with Crippen LogP contribution in [-0.4, -0.2) is 72.2 Å². The van der Waals surface area contributed by atoms with E-state index in [0.29, 0.717) is 48.9 Å². The molecule has 1 aromatic carbocycles. The maximum atomic E-state index is 14.2. The van der Waals surface area contributed by atoms with Crippen LogP contribution in [0.15, 0.2) is 30.3 Å². The number of aromatic carboxylic acids is 1. The number of rotatable bonds is 12. The third kappa shape index (κ3) is 6.41. The predicted octanol–water partition coefficient (Wildman–Crippen LogP) is 7.69. The Balaban J connectivity index is 1.12. The first-order chi connectivity index (χ1) is 24.5. The van der Waals surface area contributed by atoms with E-state index in [0.717, 1.165) is 44.1 Å². The van der Waals surface area contributed by atoms with Crippen molar-refractivity contribution in [3.63, 3.8) is 0 Å². The molecule has 5 aliphatic carbocycles. The lowest BCUT2D eigenvalue weighted by molar-refractivity contribution is -0.222. The molecule has 1 aromatic rings. The molecule has 4 saturated carbocycles. The number of hydrogen-bond acceptors (Lipinski definition) is 6. The molecule has 1 amide bonds. The van der Waals surface area contributed by atoms with E-state index in [1.54, 1.807) is 12.1 Å². The topological polar surface area (TPSA) is 133 Å². The van der Waals surface area contributed by atoms with Gasteiger partial charge in [-0.3, -0.25) is 14.4 Å². The fourth-order valence-electron chi connectivity index (χ4n) is 13.1. The van der Waals surface area contributed by atoms with Crippen LogP contribution in [0.3, 0.4) is 0 Å². The number of carboxylic acids is 2. The zero-order valence-corrected chi connectivity index (χ0v) is 32.4. The van der Waals surface area contributed by atoms with Crippen LogP contribution in [0.2, 0.25) is 0 Å². The van der Waals surface area contributed by atoms with Crippen LogP contribution in [0.4, 0.5) is 0 Å². The normalized spacial score (nSPS) is 36.0. The molecule has 5 aliphatic rings. The SMILES string of the molecule is CN(CCNC(=O)[C@]12CCC[C@@H]1[C@H]1CC[C@@H]3[C@@]4(C)CC=C(c5ccc(C(=O)O)cc5)C(C)(C)[C@@H]4CC[C@@]3(C)[C@]1(C)CC2)CCOC(=O)CCC(=O)O. The Labute approximate surface area is 310 Å². The third-order valence-electron chi connectivity index (χ3n) is 15.9. The molecule has 9 heteroatoms. The van der Waals surface area contributed by atoms with Crippen molar-refractivity contribution in [2.24, 2.45) is 50.7 Å². The first-order valence-corrected chi connectivity index (χ1v) is 19.9. The second-order valence-corrected chi connectivity index (χ2v) is 18.4. The molecular weight excluding hydrogens is 656 g/mol. The summed E-state index contributed by atoms with van der Waals surface area (Å²) in [5.41, 5.74) is 3.09. The van der Waals surface area contributed by atoms with E-state index in [4.69, 9.17) is 9.84 Å². The van der Waals surface area contributed by atoms with Crippen molar-refractivity contribution in [2.45, 2.75) is 112 Å². The molecule has 3 N–H and O–H groups in total. The van der Waals surface area contributed by atoms with Crippen molar-refractivity contribution in [1.82, 2.24) is 10.2 Å². The van der Waals surface area contributed by atoms with Gasteiger partial charge in [0.2, 0.25) is 5.91 Å². The van der Waals surface area contributed by atoms with Crippen LogP contribution < -0.4 is 5.32 Å². The highest BCUT2D eigenvalue weighted by Gasteiger charge is 2.70. The van der Waals surface area contributed by atoms with E-state index < -0.39 is 17.9 Å². The number of esters is 1. The lowest BCUT2D eigenvalue weighted by Gasteiger charge is -2.72. The zero-order chi connectivity index (χ0) is 37.7. The summed E-state index contributed by atoms with van der Waals surface area (Å²) in [6.07, 6.45) is 13.3. The third-order valence-corrected chi connectivity index (χ3v) is 15.9. The van der Waals surface area contributed by atoms with Gasteiger partial charge in [0.1, 0.15) is 6.61 Å². The summed E-state index contributed by atoms with van der Waals surface area (Å²) in [7, 11) is 1.94. The Morgan fingerprint density at radius 1 is 0.827 bits per heavy atom. The van der Waals surface area contributed by atoms with Gasteiger partial charge in [-0.25, -0.2) is 4.79 Å². The number of amides is 1. The Morgan fingerprint density at radius 2 is 1.56 bits per heavy atom. The maximum Gasteiger partial charge on any atom is 0.335 e. The van der Waals surface area contributed by atoms with Gasteiger partial charge in [0.05, 0.1) is 23.8 Å². The van der Waals surface area contributed by atoms with Crippen molar-refractivity contribution in [3.05, 3.63) is 41.5 Å². The predicted molar refractivity (Wildman–Crippen MR) is 200 cm³/mol. The Morgan fingerprint density at radius 3 is 2.25 bits per heavy atom. The van der Waals surface area contributed by atoms with Gasteiger partial charge in [0.15, 0.2) is 0 Å². The molecule has 52 heavy (non-hydrogen) atoms. The highest BCUT2D eigenvalue weighted by atomic mass is 16.5. The van der Waals surface area contributed by atoms with E-state index in [-0.39, 0.29) is 52.4 Å². The molecule has 0 spiro atoms. The monoisotopic (exact) mass is 718 g/mol. The van der Waals surface area contributed by atoms with E-state index in [1.807, 2.05) is 24.1 Å². The van der Waals surface area contributed by atoms with Gasteiger partial charge < -0.3 is 25.2 Å². The molecule has 0 heterocycles. The highest BCUT2D eigenvalue weighted by Crippen LogP contribution is 2.77. The first kappa shape index (κ1) is 38.5. The summed E-state index contributed by atoms with van der Waals surface area (Å²) in [5.74, 6) is -0.0518. The number of likely N-dealkylation sites (N-methyl/N-ethyl adjacent to an activating group) is 1. The van der Waals surface area contributed by atoms with E-state index >= 15 is 0 Å². The van der Waals surface area contributed by atoms with E-state index in [2.05, 4.69) is 46.0 Å². The van der Waals surface area contributed by atoms with Crippen molar-refractivity contribution in [2.75, 3.05) is 33.3 Å². The molecule has 6 rings (SSSR count). The number of nitrogens with zero attached hydrogens (tertiary/aromatic N) is 1. The van der Waals surface area contributed by atoms with E-state index in [1.165, 1.54) is 31.3 Å². The summed E-state index contributed by atoms with van der Waals surface area (Å²) in [5, 5.41) is 21.5. The number of ether oxygens (including phenoxy) is 1. The number of aliphatic carboxylic acids is 1. The molecule has 0 aliphatic heterocycles. The minimum absolute atomic E-state index is 0.0252. The second kappa shape index (κ2) is 14.2. The quantitative estimate of drug-likeness (QED) is 0.188. The minimum Gasteiger partial charge on any atom is -0.481 e. The molecule has 0 aromatic heterocycles. The van der Waals surface area contributed by atoms with Crippen molar-refractivity contribution in [1.29, 1.82) is 0 Å². The number of carbonyl (C=O) groups is 4. The van der Waals surface area contributed by atoms with Crippen LogP contribution in [0, 0.1) is 50.7 Å². The number of allylic oxidation sites excluding steroid dienone is 2. The number of carbonyl (C=O) groups excluding carboxylic acids is 2. The molecule has 4 fully saturated rings. The summed E-state index contributed by atoms with van der Waals surface area (Å²) in [4.78, 5) is 50.2. The van der Waals surface area contributed by atoms with Crippen LogP contribution >= 0.6 is 0 Å². The fourth-order valence-corrected chi connectivity index (χ4v) is 13.1. The lowest BCUT2D eigenvalue weighted by Crippen LogP contribution is -2.66. The molecule has 8 atom stereocenters. The van der Waals surface area contributed by atoms with Gasteiger partial charge >= 0.3 is 17.9 Å². The summed E-state index contributed by atoms with van der Waals surface area (Å²) in [6, 6.07) is 7.48. The van der Waals surface area contributed by atoms with Crippen LogP contribution in [-0.2, 0) is 19.1 Å². The molecule has 0 saturated heterocycles. The fraction of sp³-hybridized carbons (Fsp3) is 0.721. The number of fused-ring (bicyclic) bond motifs is 7. The van der Waals surface area contributed by atoms with Gasteiger partial charge in [0, 0.05) is 19.6 Å². The van der Waals surface area contributed by atoms with Crippen molar-refractivity contribution >= 4 is 29.4 Å². The smallest absolute Gasteiger partial charge is 0.335 e. The molecule has 0 unspecified atom stereocenters. The molecule has 0 bridgehead atoms. The molecule has 286 valence electrons. The van der Waals surface area contributed by atoms with Crippen LogP contribution in [0.5, 0.6) is 0 Å². The Kier molecular flexibility index (Phi) is 10.5. The van der Waals surface area contributed by atoms with Crippen LogP contribution in [0.1, 0.15) is 128 Å². The van der Waals surface area contributed by atoms with Gasteiger partial charge in [-0.2, -0.15) is 0 Å². The Hall–Kier alpha value is -3.20. The summed E-state index contributed by atoms with van der Waals surface area (Å²) in [6.45, 7) is 14.6. The minimum atomic E-state index is -1.01. The first-order valence-electron chi connectivity index (χ1n) is 19.9. The summed E-state index contributed by atoms with van der Waals surface area (Å²) >= 11 is 0. The van der Waals surface area contributed by atoms with Crippen LogP contribution in [0.25, 0.3) is 5.57 Å². The molecule has 9 nitrogen and oxygen atoms in total. The standard InChI is InChI=1S/C43H62N2O7/c1-39(2)30(28-9-11-29(12-10-28)37(49)50)17-20-40(3)33(39)18-21-42(5)34(40)14-13-31-32-8-7-19-43(32,23-22-41(31,42)4)38(51)44-24-25-45(6)26-27-52-36(48)16-15-35(46)47/h9-12,17,31-34H,7-8,13-16,18-27H2,1-6H3,(H,44,51)(H,46,47)(H,49,50)/t31-,32-,33+,34-,40+,41-,42-,43+/m1/s1. The number of benzene rings is 1. The van der Waals surface area contributed by atoms with E-state index in [9.17, 15) is 24.3 Å². The van der Waals surface area contributed by atoms with Crippen molar-refractivity contribution in [3.8, 4) is 0 Å². The number of carboxylic acid groups (broad SMARTS) is 2. The second-order valence-electron chi connectivity index (χ2n) is 18.4. The zero-order valence-electron chi connectivity index (χ0n) is 32.4. The lowest BCUT2D eigenvalue weighted by atomic mass is 9.32. The summed E-state index contributed by atoms with van der Waals surface area (Å²) < 4.78 is 5.18. The highest BCUT2D eigenvalue weighted by molar-refractivity contribution is 5.88. The molecular formula is C43H62N2O7. The average molecular weight is 719 g/mol. The average Bonchev–Trinajstić information content (AvgIpc) is 3.53. The maximum absolute atomic E-state index is 14.2. The molecule has 0 radical (unpaired) electrons.